The first kappa shape index (κ1) is 10.2. The zero-order valence-electron chi connectivity index (χ0n) is 5.64. The topological polar surface area (TPSA) is 17.1 Å². The first-order valence-electron chi connectivity index (χ1n) is 2.91. The maximum absolute atomic E-state index is 10.8. The monoisotopic (exact) mass is 240 g/mol. The molecule has 12 heavy (non-hydrogen) atoms. The van der Waals surface area contributed by atoms with E-state index in [2.05, 4.69) is 12.6 Å². The lowest BCUT2D eigenvalue weighted by Crippen LogP contribution is -1.90. The summed E-state index contributed by atoms with van der Waals surface area (Å²) >= 11 is 20.6. The second kappa shape index (κ2) is 3.88. The highest BCUT2D eigenvalue weighted by atomic mass is 35.5. The minimum atomic E-state index is -0.432. The molecule has 0 heterocycles. The number of halogens is 3. The fourth-order valence-corrected chi connectivity index (χ4v) is 1.56. The van der Waals surface area contributed by atoms with E-state index in [0.717, 1.165) is 0 Å². The van der Waals surface area contributed by atoms with Crippen LogP contribution in [0.4, 0.5) is 0 Å². The summed E-state index contributed by atoms with van der Waals surface area (Å²) in [5.41, 5.74) is 0.259. The van der Waals surface area contributed by atoms with Crippen LogP contribution in [0.1, 0.15) is 10.4 Å². The Bertz CT molecular complexity index is 338. The molecule has 1 aromatic rings. The molecule has 0 bridgehead atoms. The molecule has 0 unspecified atom stereocenters. The number of carbonyl (C=O) groups is 1. The van der Waals surface area contributed by atoms with Crippen molar-refractivity contribution in [2.45, 2.75) is 0 Å². The van der Waals surface area contributed by atoms with Gasteiger partial charge >= 0.3 is 0 Å². The molecule has 1 aromatic carbocycles. The lowest BCUT2D eigenvalue weighted by molar-refractivity contribution is 0.109. The van der Waals surface area contributed by atoms with Gasteiger partial charge in [0.05, 0.1) is 15.1 Å². The predicted molar refractivity (Wildman–Crippen MR) is 54.8 cm³/mol. The van der Waals surface area contributed by atoms with Gasteiger partial charge in [0, 0.05) is 5.56 Å². The highest BCUT2D eigenvalue weighted by molar-refractivity contribution is 7.97. The Labute approximate surface area is 90.0 Å². The van der Waals surface area contributed by atoms with E-state index < -0.39 is 5.12 Å². The SMILES string of the molecule is O=C(S)c1ccc(Cl)c(Cl)c1Cl. The summed E-state index contributed by atoms with van der Waals surface area (Å²) in [5, 5.41) is 0.209. The molecule has 0 atom stereocenters. The minimum Gasteiger partial charge on any atom is -0.282 e. The molecular weight excluding hydrogens is 239 g/mol. The van der Waals surface area contributed by atoms with E-state index in [4.69, 9.17) is 34.8 Å². The summed E-state index contributed by atoms with van der Waals surface area (Å²) in [6, 6.07) is 2.98. The molecule has 0 N–H and O–H groups in total. The lowest BCUT2D eigenvalue weighted by Gasteiger charge is -2.02. The molecule has 0 aliphatic rings. The third-order valence-corrected chi connectivity index (χ3v) is 2.80. The molecule has 0 saturated heterocycles. The first-order chi connectivity index (χ1) is 5.54. The number of benzene rings is 1. The largest absolute Gasteiger partial charge is 0.282 e. The second-order valence-electron chi connectivity index (χ2n) is 2.03. The van der Waals surface area contributed by atoms with Gasteiger partial charge in [0.1, 0.15) is 0 Å². The van der Waals surface area contributed by atoms with Crippen LogP contribution in [0.25, 0.3) is 0 Å². The van der Waals surface area contributed by atoms with E-state index >= 15 is 0 Å². The van der Waals surface area contributed by atoms with E-state index in [0.29, 0.717) is 5.02 Å². The Kier molecular flexibility index (Phi) is 3.29. The quantitative estimate of drug-likeness (QED) is 0.586. The standard InChI is InChI=1S/C7H3Cl3OS/c8-4-2-1-3(7(11)12)5(9)6(4)10/h1-2H,(H,11,12). The van der Waals surface area contributed by atoms with Crippen molar-refractivity contribution in [1.82, 2.24) is 0 Å². The van der Waals surface area contributed by atoms with E-state index in [-0.39, 0.29) is 15.6 Å². The molecule has 0 radical (unpaired) electrons. The van der Waals surface area contributed by atoms with Crippen molar-refractivity contribution < 1.29 is 4.79 Å². The van der Waals surface area contributed by atoms with Crippen LogP contribution in [0, 0.1) is 0 Å². The van der Waals surface area contributed by atoms with Gasteiger partial charge in [-0.3, -0.25) is 4.79 Å². The highest BCUT2D eigenvalue weighted by Crippen LogP contribution is 2.33. The molecule has 1 nitrogen and oxygen atoms in total. The average molecular weight is 242 g/mol. The molecule has 0 saturated carbocycles. The van der Waals surface area contributed by atoms with Crippen molar-refractivity contribution in [2.75, 3.05) is 0 Å². The molecule has 0 spiro atoms. The Morgan fingerprint density at radius 3 is 2.25 bits per heavy atom. The summed E-state index contributed by atoms with van der Waals surface area (Å²) in [7, 11) is 0. The van der Waals surface area contributed by atoms with Gasteiger partial charge in [0.15, 0.2) is 0 Å². The van der Waals surface area contributed by atoms with Crippen molar-refractivity contribution in [3.63, 3.8) is 0 Å². The fraction of sp³-hybridized carbons (Fsp3) is 0. The number of hydrogen-bond acceptors (Lipinski definition) is 1. The van der Waals surface area contributed by atoms with Gasteiger partial charge in [-0.15, -0.1) is 12.6 Å². The zero-order valence-corrected chi connectivity index (χ0v) is 8.81. The van der Waals surface area contributed by atoms with E-state index in [1.165, 1.54) is 12.1 Å². The van der Waals surface area contributed by atoms with Crippen molar-refractivity contribution in [3.8, 4) is 0 Å². The Balaban J connectivity index is 3.36. The number of hydrogen-bond donors (Lipinski definition) is 1. The van der Waals surface area contributed by atoms with Gasteiger partial charge in [-0.1, -0.05) is 34.8 Å². The van der Waals surface area contributed by atoms with Crippen LogP contribution in [-0.4, -0.2) is 5.12 Å². The Hall–Kier alpha value is 0.110. The summed E-state index contributed by atoms with van der Waals surface area (Å²) in [5.74, 6) is 0. The summed E-state index contributed by atoms with van der Waals surface area (Å²) in [6.07, 6.45) is 0. The Morgan fingerprint density at radius 2 is 1.75 bits per heavy atom. The number of carbonyl (C=O) groups excluding carboxylic acids is 1. The fourth-order valence-electron chi connectivity index (χ4n) is 0.691. The molecule has 1 rings (SSSR count). The van der Waals surface area contributed by atoms with Crippen LogP contribution in [0.5, 0.6) is 0 Å². The van der Waals surface area contributed by atoms with Crippen LogP contribution in [0.2, 0.25) is 15.1 Å². The molecule has 64 valence electrons. The van der Waals surface area contributed by atoms with Crippen LogP contribution in [0.15, 0.2) is 12.1 Å². The summed E-state index contributed by atoms with van der Waals surface area (Å²) in [6.45, 7) is 0. The Morgan fingerprint density at radius 1 is 1.17 bits per heavy atom. The van der Waals surface area contributed by atoms with E-state index in [1.54, 1.807) is 0 Å². The minimum absolute atomic E-state index is 0.143. The summed E-state index contributed by atoms with van der Waals surface area (Å²) in [4.78, 5) is 10.8. The highest BCUT2D eigenvalue weighted by Gasteiger charge is 2.11. The van der Waals surface area contributed by atoms with Gasteiger partial charge < -0.3 is 0 Å². The number of thiol groups is 1. The van der Waals surface area contributed by atoms with Crippen LogP contribution in [-0.2, 0) is 0 Å². The maximum atomic E-state index is 10.8. The van der Waals surface area contributed by atoms with E-state index in [9.17, 15) is 4.79 Å². The van der Waals surface area contributed by atoms with Crippen LogP contribution >= 0.6 is 47.4 Å². The molecular formula is C7H3Cl3OS. The molecule has 0 aromatic heterocycles. The third kappa shape index (κ3) is 1.88. The van der Waals surface area contributed by atoms with Crippen molar-refractivity contribution in [2.24, 2.45) is 0 Å². The normalized spacial score (nSPS) is 10.0. The van der Waals surface area contributed by atoms with Crippen molar-refractivity contribution in [1.29, 1.82) is 0 Å². The van der Waals surface area contributed by atoms with Gasteiger partial charge in [0.2, 0.25) is 5.12 Å². The van der Waals surface area contributed by atoms with Gasteiger partial charge in [-0.2, -0.15) is 0 Å². The molecule has 5 heteroatoms. The second-order valence-corrected chi connectivity index (χ2v) is 3.60. The smallest absolute Gasteiger partial charge is 0.217 e. The first-order valence-corrected chi connectivity index (χ1v) is 4.49. The summed E-state index contributed by atoms with van der Waals surface area (Å²) < 4.78 is 0. The molecule has 0 fully saturated rings. The molecule has 0 aliphatic heterocycles. The van der Waals surface area contributed by atoms with Crippen LogP contribution in [0.3, 0.4) is 0 Å². The number of rotatable bonds is 1. The van der Waals surface area contributed by atoms with Gasteiger partial charge in [0.25, 0.3) is 0 Å². The van der Waals surface area contributed by atoms with Gasteiger partial charge in [-0.05, 0) is 12.1 Å². The lowest BCUT2D eigenvalue weighted by atomic mass is 10.2. The maximum Gasteiger partial charge on any atom is 0.217 e. The predicted octanol–water partition coefficient (Wildman–Crippen LogP) is 3.72. The van der Waals surface area contributed by atoms with Crippen molar-refractivity contribution >= 4 is 52.5 Å². The zero-order chi connectivity index (χ0) is 9.30. The average Bonchev–Trinajstić information content (AvgIpc) is 2.00. The van der Waals surface area contributed by atoms with Crippen LogP contribution < -0.4 is 0 Å². The molecule has 0 amide bonds. The third-order valence-electron chi connectivity index (χ3n) is 1.27. The molecule has 0 aliphatic carbocycles. The van der Waals surface area contributed by atoms with E-state index in [1.807, 2.05) is 0 Å². The van der Waals surface area contributed by atoms with Gasteiger partial charge in [-0.25, -0.2) is 0 Å². The van der Waals surface area contributed by atoms with Crippen molar-refractivity contribution in [3.05, 3.63) is 32.8 Å².